The molecular weight excluding hydrogens is 394 g/mol. The van der Waals surface area contributed by atoms with E-state index in [9.17, 15) is 4.79 Å². The predicted octanol–water partition coefficient (Wildman–Crippen LogP) is 4.95. The fourth-order valence-electron chi connectivity index (χ4n) is 2.88. The molecule has 3 rings (SSSR count). The third-order valence-electron chi connectivity index (χ3n) is 4.22. The molecule has 0 aliphatic carbocycles. The van der Waals surface area contributed by atoms with Gasteiger partial charge in [-0.25, -0.2) is 4.98 Å². The summed E-state index contributed by atoms with van der Waals surface area (Å²) in [5.41, 5.74) is 1.39. The number of amides is 1. The number of benzene rings is 2. The number of hydrogen-bond acceptors (Lipinski definition) is 5. The van der Waals surface area contributed by atoms with E-state index in [2.05, 4.69) is 4.90 Å². The largest absolute Gasteiger partial charge is 0.492 e. The highest BCUT2D eigenvalue weighted by Gasteiger charge is 2.22. The summed E-state index contributed by atoms with van der Waals surface area (Å²) in [4.78, 5) is 21.8. The third-order valence-corrected chi connectivity index (χ3v) is 5.52. The van der Waals surface area contributed by atoms with Crippen molar-refractivity contribution in [3.63, 3.8) is 0 Å². The molecule has 0 radical (unpaired) electrons. The SMILES string of the molecule is CCOc1cccc2sc(N(CCCN(C)C)C(=O)c3ccc(Cl)cc3)nc12. The first-order valence-corrected chi connectivity index (χ1v) is 10.4. The number of ether oxygens (including phenoxy) is 1. The average molecular weight is 418 g/mol. The molecule has 0 aliphatic heterocycles. The summed E-state index contributed by atoms with van der Waals surface area (Å²) < 4.78 is 6.70. The average Bonchev–Trinajstić information content (AvgIpc) is 3.10. The molecule has 28 heavy (non-hydrogen) atoms. The predicted molar refractivity (Wildman–Crippen MR) is 117 cm³/mol. The molecule has 3 aromatic rings. The van der Waals surface area contributed by atoms with E-state index in [-0.39, 0.29) is 5.91 Å². The second-order valence-electron chi connectivity index (χ2n) is 6.65. The maximum atomic E-state index is 13.2. The Labute approximate surface area is 174 Å². The monoisotopic (exact) mass is 417 g/mol. The van der Waals surface area contributed by atoms with Gasteiger partial charge in [-0.2, -0.15) is 0 Å². The first-order valence-electron chi connectivity index (χ1n) is 9.24. The van der Waals surface area contributed by atoms with Gasteiger partial charge in [0.25, 0.3) is 5.91 Å². The quantitative estimate of drug-likeness (QED) is 0.520. The van der Waals surface area contributed by atoms with Crippen LogP contribution in [0.25, 0.3) is 10.2 Å². The Bertz CT molecular complexity index is 940. The minimum absolute atomic E-state index is 0.0764. The van der Waals surface area contributed by atoms with Crippen LogP contribution in [0, 0.1) is 0 Å². The standard InChI is InChI=1S/C21H24ClN3O2S/c1-4-27-17-7-5-8-18-19(17)23-21(28-18)25(14-6-13-24(2)3)20(26)15-9-11-16(22)12-10-15/h5,7-12H,4,6,13-14H2,1-3H3. The molecule has 0 atom stereocenters. The molecule has 0 spiro atoms. The molecule has 0 saturated carbocycles. The second kappa shape index (κ2) is 9.37. The van der Waals surface area contributed by atoms with Crippen molar-refractivity contribution in [1.29, 1.82) is 0 Å². The van der Waals surface area contributed by atoms with Crippen molar-refractivity contribution in [1.82, 2.24) is 9.88 Å². The van der Waals surface area contributed by atoms with Crippen LogP contribution < -0.4 is 9.64 Å². The molecule has 1 heterocycles. The van der Waals surface area contributed by atoms with Crippen LogP contribution in [0.5, 0.6) is 5.75 Å². The van der Waals surface area contributed by atoms with E-state index in [4.69, 9.17) is 21.3 Å². The highest BCUT2D eigenvalue weighted by atomic mass is 35.5. The van der Waals surface area contributed by atoms with Gasteiger partial charge in [-0.1, -0.05) is 29.0 Å². The number of fused-ring (bicyclic) bond motifs is 1. The lowest BCUT2D eigenvalue weighted by atomic mass is 10.2. The van der Waals surface area contributed by atoms with Crippen molar-refractivity contribution < 1.29 is 9.53 Å². The molecule has 148 valence electrons. The van der Waals surface area contributed by atoms with Gasteiger partial charge in [-0.3, -0.25) is 9.69 Å². The number of anilines is 1. The number of thiazole rings is 1. The lowest BCUT2D eigenvalue weighted by molar-refractivity contribution is 0.0986. The van der Waals surface area contributed by atoms with Gasteiger partial charge in [-0.05, 0) is 70.4 Å². The minimum atomic E-state index is -0.0764. The molecule has 0 unspecified atom stereocenters. The van der Waals surface area contributed by atoms with Crippen LogP contribution in [0.15, 0.2) is 42.5 Å². The number of rotatable bonds is 8. The van der Waals surface area contributed by atoms with Gasteiger partial charge in [-0.15, -0.1) is 0 Å². The van der Waals surface area contributed by atoms with E-state index >= 15 is 0 Å². The molecule has 0 aliphatic rings. The highest BCUT2D eigenvalue weighted by molar-refractivity contribution is 7.22. The van der Waals surface area contributed by atoms with Crippen molar-refractivity contribution in [3.05, 3.63) is 53.1 Å². The molecule has 0 saturated heterocycles. The molecule has 1 amide bonds. The number of aromatic nitrogens is 1. The Morgan fingerprint density at radius 3 is 2.57 bits per heavy atom. The van der Waals surface area contributed by atoms with Crippen LogP contribution in [0.4, 0.5) is 5.13 Å². The van der Waals surface area contributed by atoms with Gasteiger partial charge in [0, 0.05) is 17.1 Å². The smallest absolute Gasteiger partial charge is 0.260 e. The fourth-order valence-corrected chi connectivity index (χ4v) is 4.01. The van der Waals surface area contributed by atoms with Crippen LogP contribution in [-0.4, -0.2) is 49.6 Å². The number of para-hydroxylation sites is 1. The lowest BCUT2D eigenvalue weighted by Crippen LogP contribution is -2.33. The van der Waals surface area contributed by atoms with Crippen molar-refractivity contribution in [3.8, 4) is 5.75 Å². The highest BCUT2D eigenvalue weighted by Crippen LogP contribution is 2.35. The summed E-state index contributed by atoms with van der Waals surface area (Å²) in [5.74, 6) is 0.669. The molecule has 5 nitrogen and oxygen atoms in total. The summed E-state index contributed by atoms with van der Waals surface area (Å²) in [6, 6.07) is 12.8. The van der Waals surface area contributed by atoms with Gasteiger partial charge >= 0.3 is 0 Å². The zero-order valence-corrected chi connectivity index (χ0v) is 17.9. The van der Waals surface area contributed by atoms with Crippen LogP contribution in [0.3, 0.4) is 0 Å². The van der Waals surface area contributed by atoms with Crippen molar-refractivity contribution in [2.75, 3.05) is 38.7 Å². The molecule has 1 aromatic heterocycles. The zero-order valence-electron chi connectivity index (χ0n) is 16.3. The first kappa shape index (κ1) is 20.6. The van der Waals surface area contributed by atoms with Crippen LogP contribution in [0.1, 0.15) is 23.7 Å². The Morgan fingerprint density at radius 2 is 1.89 bits per heavy atom. The summed E-state index contributed by atoms with van der Waals surface area (Å²) in [5, 5.41) is 1.29. The van der Waals surface area contributed by atoms with E-state index in [0.717, 1.165) is 28.9 Å². The molecule has 0 N–H and O–H groups in total. The maximum Gasteiger partial charge on any atom is 0.260 e. The number of carbonyl (C=O) groups is 1. The van der Waals surface area contributed by atoms with Crippen molar-refractivity contribution in [2.45, 2.75) is 13.3 Å². The van der Waals surface area contributed by atoms with E-state index in [1.807, 2.05) is 39.2 Å². The van der Waals surface area contributed by atoms with Gasteiger partial charge in [0.15, 0.2) is 5.13 Å². The molecule has 2 aromatic carbocycles. The topological polar surface area (TPSA) is 45.7 Å². The zero-order chi connectivity index (χ0) is 20.1. The summed E-state index contributed by atoms with van der Waals surface area (Å²) in [6.07, 6.45) is 0.848. The number of nitrogens with zero attached hydrogens (tertiary/aromatic N) is 3. The van der Waals surface area contributed by atoms with Crippen LogP contribution >= 0.6 is 22.9 Å². The Hall–Kier alpha value is -2.15. The van der Waals surface area contributed by atoms with Crippen molar-refractivity contribution in [2.24, 2.45) is 0 Å². The molecule has 7 heteroatoms. The van der Waals surface area contributed by atoms with Gasteiger partial charge in [0.2, 0.25) is 0 Å². The molecular formula is C21H24ClN3O2S. The van der Waals surface area contributed by atoms with E-state index in [0.29, 0.717) is 28.9 Å². The summed E-state index contributed by atoms with van der Waals surface area (Å²) in [6.45, 7) is 3.99. The third kappa shape index (κ3) is 4.82. The van der Waals surface area contributed by atoms with Crippen LogP contribution in [0.2, 0.25) is 5.02 Å². The first-order chi connectivity index (χ1) is 13.5. The maximum absolute atomic E-state index is 13.2. The number of halogens is 1. The van der Waals surface area contributed by atoms with Gasteiger partial charge in [0.1, 0.15) is 11.3 Å². The minimum Gasteiger partial charge on any atom is -0.492 e. The Morgan fingerprint density at radius 1 is 1.14 bits per heavy atom. The normalized spacial score (nSPS) is 11.2. The fraction of sp³-hybridized carbons (Fsp3) is 0.333. The number of hydrogen-bond donors (Lipinski definition) is 0. The number of carbonyl (C=O) groups excluding carboxylic acids is 1. The van der Waals surface area contributed by atoms with Crippen molar-refractivity contribution >= 4 is 44.2 Å². The molecule has 0 fully saturated rings. The molecule has 0 bridgehead atoms. The lowest BCUT2D eigenvalue weighted by Gasteiger charge is -2.21. The second-order valence-corrected chi connectivity index (χ2v) is 8.10. The summed E-state index contributed by atoms with van der Waals surface area (Å²) in [7, 11) is 4.05. The Balaban J connectivity index is 1.95. The van der Waals surface area contributed by atoms with E-state index < -0.39 is 0 Å². The van der Waals surface area contributed by atoms with Crippen LogP contribution in [-0.2, 0) is 0 Å². The summed E-state index contributed by atoms with van der Waals surface area (Å²) >= 11 is 7.48. The van der Waals surface area contributed by atoms with E-state index in [1.165, 1.54) is 11.3 Å². The van der Waals surface area contributed by atoms with E-state index in [1.54, 1.807) is 29.2 Å². The van der Waals surface area contributed by atoms with Gasteiger partial charge < -0.3 is 9.64 Å². The Kier molecular flexibility index (Phi) is 6.88. The van der Waals surface area contributed by atoms with Gasteiger partial charge in [0.05, 0.1) is 11.3 Å².